The van der Waals surface area contributed by atoms with Crippen molar-refractivity contribution in [3.8, 4) is 0 Å². The zero-order valence-corrected chi connectivity index (χ0v) is 14.8. The number of halogens is 1. The Morgan fingerprint density at radius 2 is 1.92 bits per heavy atom. The van der Waals surface area contributed by atoms with Gasteiger partial charge in [-0.3, -0.25) is 4.79 Å². The van der Waals surface area contributed by atoms with E-state index in [9.17, 15) is 9.59 Å². The van der Waals surface area contributed by atoms with Gasteiger partial charge in [-0.1, -0.05) is 36.7 Å². The van der Waals surface area contributed by atoms with Gasteiger partial charge in [-0.05, 0) is 41.8 Å². The number of hydrogen-bond acceptors (Lipinski definition) is 2. The van der Waals surface area contributed by atoms with Crippen LogP contribution in [-0.4, -0.2) is 23.4 Å². The Hall–Kier alpha value is -2.53. The fourth-order valence-electron chi connectivity index (χ4n) is 2.92. The molecule has 130 valence electrons. The summed E-state index contributed by atoms with van der Waals surface area (Å²) in [5.74, 6) is 0.153. The van der Waals surface area contributed by atoms with E-state index in [4.69, 9.17) is 11.6 Å². The number of rotatable bonds is 3. The zero-order chi connectivity index (χ0) is 17.8. The Balaban J connectivity index is 1.69. The van der Waals surface area contributed by atoms with Crippen molar-refractivity contribution < 1.29 is 9.59 Å². The molecule has 1 aliphatic rings. The average Bonchev–Trinajstić information content (AvgIpc) is 2.62. The number of para-hydroxylation sites is 1. The molecular weight excluding hydrogens is 338 g/mol. The number of fused-ring (bicyclic) bond motifs is 1. The third kappa shape index (κ3) is 4.12. The normalized spacial score (nSPS) is 13.1. The topological polar surface area (TPSA) is 61.4 Å². The molecule has 0 atom stereocenters. The van der Waals surface area contributed by atoms with Gasteiger partial charge in [-0.15, -0.1) is 0 Å². The largest absolute Gasteiger partial charge is 0.338 e. The van der Waals surface area contributed by atoms with E-state index in [1.165, 1.54) is 5.56 Å². The third-order valence-corrected chi connectivity index (χ3v) is 4.58. The molecule has 0 unspecified atom stereocenters. The lowest BCUT2D eigenvalue weighted by molar-refractivity contribution is -0.131. The molecule has 0 saturated carbocycles. The molecule has 25 heavy (non-hydrogen) atoms. The molecule has 0 aromatic heterocycles. The highest BCUT2D eigenvalue weighted by atomic mass is 35.5. The van der Waals surface area contributed by atoms with Crippen LogP contribution < -0.4 is 10.6 Å². The van der Waals surface area contributed by atoms with Crippen molar-refractivity contribution in [3.05, 3.63) is 58.6 Å². The minimum atomic E-state index is -0.356. The molecule has 0 spiro atoms. The van der Waals surface area contributed by atoms with Crippen molar-refractivity contribution in [1.29, 1.82) is 0 Å². The van der Waals surface area contributed by atoms with Gasteiger partial charge in [0.05, 0.1) is 10.7 Å². The molecule has 3 amide bonds. The van der Waals surface area contributed by atoms with Crippen molar-refractivity contribution >= 4 is 34.9 Å². The first-order valence-electron chi connectivity index (χ1n) is 8.29. The van der Waals surface area contributed by atoms with Crippen LogP contribution in [0, 0.1) is 0 Å². The maximum Gasteiger partial charge on any atom is 0.323 e. The van der Waals surface area contributed by atoms with Crippen molar-refractivity contribution in [3.63, 3.8) is 0 Å². The Labute approximate surface area is 152 Å². The van der Waals surface area contributed by atoms with Crippen LogP contribution in [0.15, 0.2) is 42.5 Å². The highest BCUT2D eigenvalue weighted by Crippen LogP contribution is 2.24. The van der Waals surface area contributed by atoms with E-state index < -0.39 is 0 Å². The maximum absolute atomic E-state index is 12.2. The second-order valence-corrected chi connectivity index (χ2v) is 6.37. The summed E-state index contributed by atoms with van der Waals surface area (Å²) in [4.78, 5) is 25.9. The van der Waals surface area contributed by atoms with Gasteiger partial charge in [0.25, 0.3) is 0 Å². The van der Waals surface area contributed by atoms with E-state index in [0.29, 0.717) is 29.4 Å². The first-order valence-corrected chi connectivity index (χ1v) is 8.66. The van der Waals surface area contributed by atoms with E-state index in [-0.39, 0.29) is 11.9 Å². The lowest BCUT2D eigenvalue weighted by atomic mass is 9.99. The molecule has 1 heterocycles. The van der Waals surface area contributed by atoms with Gasteiger partial charge in [0, 0.05) is 25.2 Å². The number of anilines is 2. The van der Waals surface area contributed by atoms with E-state index in [2.05, 4.69) is 10.6 Å². The molecule has 0 fully saturated rings. The first kappa shape index (κ1) is 17.3. The van der Waals surface area contributed by atoms with Crippen LogP contribution in [-0.2, 0) is 17.8 Å². The van der Waals surface area contributed by atoms with Crippen LogP contribution in [0.1, 0.15) is 24.5 Å². The fourth-order valence-corrected chi connectivity index (χ4v) is 3.10. The van der Waals surface area contributed by atoms with Crippen LogP contribution in [0.2, 0.25) is 5.02 Å². The van der Waals surface area contributed by atoms with E-state index >= 15 is 0 Å². The maximum atomic E-state index is 12.2. The molecule has 6 heteroatoms. The number of amides is 3. The van der Waals surface area contributed by atoms with Crippen molar-refractivity contribution in [2.24, 2.45) is 0 Å². The smallest absolute Gasteiger partial charge is 0.323 e. The second-order valence-electron chi connectivity index (χ2n) is 5.96. The average molecular weight is 358 g/mol. The SMILES string of the molecule is CCC(=O)N1CCc2ccc(NC(=O)Nc3ccccc3Cl)cc2C1. The summed E-state index contributed by atoms with van der Waals surface area (Å²) in [6, 6.07) is 12.5. The molecule has 0 aliphatic carbocycles. The number of urea groups is 1. The lowest BCUT2D eigenvalue weighted by Gasteiger charge is -2.29. The van der Waals surface area contributed by atoms with E-state index in [0.717, 1.165) is 18.5 Å². The second kappa shape index (κ2) is 7.57. The van der Waals surface area contributed by atoms with E-state index in [1.807, 2.05) is 30.0 Å². The van der Waals surface area contributed by atoms with Crippen molar-refractivity contribution in [2.75, 3.05) is 17.2 Å². The molecule has 0 bridgehead atoms. The Bertz CT molecular complexity index is 807. The fraction of sp³-hybridized carbons (Fsp3) is 0.263. The Morgan fingerprint density at radius 1 is 1.12 bits per heavy atom. The van der Waals surface area contributed by atoms with Gasteiger partial charge >= 0.3 is 6.03 Å². The van der Waals surface area contributed by atoms with Crippen LogP contribution >= 0.6 is 11.6 Å². The predicted molar refractivity (Wildman–Crippen MR) is 99.9 cm³/mol. The summed E-state index contributed by atoms with van der Waals surface area (Å²) in [6.07, 6.45) is 1.35. The van der Waals surface area contributed by atoms with Gasteiger partial charge in [0.15, 0.2) is 0 Å². The molecule has 2 aromatic rings. The molecule has 1 aliphatic heterocycles. The summed E-state index contributed by atoms with van der Waals surface area (Å²) in [7, 11) is 0. The molecule has 0 radical (unpaired) electrons. The molecule has 0 saturated heterocycles. The summed E-state index contributed by atoms with van der Waals surface area (Å²) < 4.78 is 0. The highest BCUT2D eigenvalue weighted by Gasteiger charge is 2.20. The molecule has 3 rings (SSSR count). The summed E-state index contributed by atoms with van der Waals surface area (Å²) in [5.41, 5.74) is 3.54. The lowest BCUT2D eigenvalue weighted by Crippen LogP contribution is -2.35. The molecule has 5 nitrogen and oxygen atoms in total. The summed E-state index contributed by atoms with van der Waals surface area (Å²) in [6.45, 7) is 3.21. The zero-order valence-electron chi connectivity index (χ0n) is 14.0. The number of carbonyl (C=O) groups is 2. The van der Waals surface area contributed by atoms with Crippen molar-refractivity contribution in [1.82, 2.24) is 4.90 Å². The summed E-state index contributed by atoms with van der Waals surface area (Å²) >= 11 is 6.05. The van der Waals surface area contributed by atoms with Crippen LogP contribution in [0.4, 0.5) is 16.2 Å². The third-order valence-electron chi connectivity index (χ3n) is 4.25. The predicted octanol–water partition coefficient (Wildman–Crippen LogP) is 4.28. The minimum Gasteiger partial charge on any atom is -0.338 e. The van der Waals surface area contributed by atoms with Crippen LogP contribution in [0.3, 0.4) is 0 Å². The van der Waals surface area contributed by atoms with Gasteiger partial charge in [0.1, 0.15) is 0 Å². The van der Waals surface area contributed by atoms with Crippen molar-refractivity contribution in [2.45, 2.75) is 26.3 Å². The summed E-state index contributed by atoms with van der Waals surface area (Å²) in [5, 5.41) is 6.03. The Kier molecular flexibility index (Phi) is 5.24. The standard InChI is InChI=1S/C19H20ClN3O2/c1-2-18(24)23-10-9-13-7-8-15(11-14(13)12-23)21-19(25)22-17-6-4-3-5-16(17)20/h3-8,11H,2,9-10,12H2,1H3,(H2,21,22,25). The number of hydrogen-bond donors (Lipinski definition) is 2. The van der Waals surface area contributed by atoms with E-state index in [1.54, 1.807) is 24.3 Å². The number of carbonyl (C=O) groups excluding carboxylic acids is 2. The van der Waals surface area contributed by atoms with Crippen LogP contribution in [0.5, 0.6) is 0 Å². The molecule has 2 aromatic carbocycles. The van der Waals surface area contributed by atoms with Gasteiger partial charge < -0.3 is 15.5 Å². The van der Waals surface area contributed by atoms with Crippen LogP contribution in [0.25, 0.3) is 0 Å². The first-order chi connectivity index (χ1) is 12.1. The quantitative estimate of drug-likeness (QED) is 0.861. The minimum absolute atomic E-state index is 0.153. The molecular formula is C19H20ClN3O2. The van der Waals surface area contributed by atoms with Gasteiger partial charge in [0.2, 0.25) is 5.91 Å². The Morgan fingerprint density at radius 3 is 2.68 bits per heavy atom. The number of nitrogens with one attached hydrogen (secondary N) is 2. The van der Waals surface area contributed by atoms with Gasteiger partial charge in [-0.25, -0.2) is 4.79 Å². The highest BCUT2D eigenvalue weighted by molar-refractivity contribution is 6.33. The monoisotopic (exact) mass is 357 g/mol. The number of benzene rings is 2. The van der Waals surface area contributed by atoms with Gasteiger partial charge in [-0.2, -0.15) is 0 Å². The molecule has 2 N–H and O–H groups in total. The number of nitrogens with zero attached hydrogens (tertiary/aromatic N) is 1.